The van der Waals surface area contributed by atoms with Crippen LogP contribution in [-0.4, -0.2) is 28.4 Å². The number of halogens is 3. The zero-order valence-corrected chi connectivity index (χ0v) is 20.3. The normalized spacial score (nSPS) is 15.5. The van der Waals surface area contributed by atoms with E-state index in [1.165, 1.54) is 19.7 Å². The summed E-state index contributed by atoms with van der Waals surface area (Å²) in [5.41, 5.74) is 1.31. The molecule has 0 spiro atoms. The number of aliphatic hydroxyl groups is 1. The minimum absolute atomic E-state index is 0.0982. The van der Waals surface area contributed by atoms with Crippen LogP contribution in [0.5, 0.6) is 5.75 Å². The largest absolute Gasteiger partial charge is 0.464 e. The van der Waals surface area contributed by atoms with Crippen molar-refractivity contribution in [1.29, 1.82) is 0 Å². The maximum Gasteiger partial charge on any atom is 0.360 e. The maximum absolute atomic E-state index is 11.6. The molecule has 1 aromatic rings. The van der Waals surface area contributed by atoms with Gasteiger partial charge < -0.3 is 19.3 Å². The lowest BCUT2D eigenvalue weighted by atomic mass is 10.1. The second kappa shape index (κ2) is 9.46. The lowest BCUT2D eigenvalue weighted by Crippen LogP contribution is -2.37. The molecule has 136 valence electrons. The molecule has 0 amide bonds. The van der Waals surface area contributed by atoms with Gasteiger partial charge in [-0.25, -0.2) is 9.78 Å². The van der Waals surface area contributed by atoms with Crippen molar-refractivity contribution in [2.24, 2.45) is 0 Å². The summed E-state index contributed by atoms with van der Waals surface area (Å²) in [5.74, 6) is -1.09. The van der Waals surface area contributed by atoms with E-state index in [-0.39, 0.29) is 18.9 Å². The summed E-state index contributed by atoms with van der Waals surface area (Å²) in [4.78, 5) is 15.6. The number of carbonyl (C=O) groups is 1. The van der Waals surface area contributed by atoms with Crippen molar-refractivity contribution in [3.05, 3.63) is 23.0 Å². The lowest BCUT2D eigenvalue weighted by Gasteiger charge is -2.33. The Morgan fingerprint density at radius 1 is 1.46 bits per heavy atom. The van der Waals surface area contributed by atoms with E-state index < -0.39 is 11.8 Å². The summed E-state index contributed by atoms with van der Waals surface area (Å²) in [6.07, 6.45) is 2.66. The van der Waals surface area contributed by atoms with E-state index >= 15 is 0 Å². The van der Waals surface area contributed by atoms with Crippen molar-refractivity contribution < 1.29 is 24.1 Å². The first kappa shape index (κ1) is 22.6. The van der Waals surface area contributed by atoms with Crippen LogP contribution in [-0.2, 0) is 22.7 Å². The molecule has 1 aliphatic heterocycles. The predicted molar refractivity (Wildman–Crippen MR) is 116 cm³/mol. The van der Waals surface area contributed by atoms with Gasteiger partial charge in [-0.2, -0.15) is 0 Å². The molecular weight excluding hydrogens is 655 g/mol. The van der Waals surface area contributed by atoms with Crippen LogP contribution in [0.4, 0.5) is 0 Å². The van der Waals surface area contributed by atoms with Crippen molar-refractivity contribution in [1.82, 2.24) is 4.98 Å². The zero-order valence-electron chi connectivity index (χ0n) is 13.9. The predicted octanol–water partition coefficient (Wildman–Crippen LogP) is 4.36. The highest BCUT2D eigenvalue weighted by Gasteiger charge is 2.33. The number of aromatic nitrogens is 1. The molecule has 2 heterocycles. The van der Waals surface area contributed by atoms with Gasteiger partial charge in [0.15, 0.2) is 11.4 Å². The summed E-state index contributed by atoms with van der Waals surface area (Å²) in [6.45, 7) is 5.73. The molecule has 0 aliphatic carbocycles. The number of nitrogens with zero attached hydrogens (tertiary/aromatic N) is 1. The number of rotatable bonds is 3. The molecule has 1 aliphatic rings. The van der Waals surface area contributed by atoms with Gasteiger partial charge >= 0.3 is 5.97 Å². The molecule has 0 atom stereocenters. The van der Waals surface area contributed by atoms with Crippen LogP contribution in [0.3, 0.4) is 0 Å². The number of hydrogen-bond donors (Lipinski definition) is 1. The van der Waals surface area contributed by atoms with Crippen LogP contribution in [0.1, 0.15) is 48.8 Å². The van der Waals surface area contributed by atoms with E-state index in [2.05, 4.69) is 84.4 Å². The number of methoxy groups -OCH3 is 1. The first-order valence-electron chi connectivity index (χ1n) is 7.14. The van der Waals surface area contributed by atoms with Gasteiger partial charge in [0.05, 0.1) is 20.3 Å². The van der Waals surface area contributed by atoms with Gasteiger partial charge in [-0.1, -0.05) is 74.7 Å². The van der Waals surface area contributed by atoms with Crippen LogP contribution in [0, 0.1) is 0 Å². The molecule has 0 fully saturated rings. The van der Waals surface area contributed by atoms with E-state index in [1.54, 1.807) is 13.8 Å². The maximum atomic E-state index is 11.6. The first-order valence-corrected chi connectivity index (χ1v) is 10.4. The van der Waals surface area contributed by atoms with E-state index in [1.807, 2.05) is 0 Å². The Bertz CT molecular complexity index is 587. The highest BCUT2D eigenvalue weighted by Crippen LogP contribution is 2.38. The summed E-state index contributed by atoms with van der Waals surface area (Å²) >= 11 is 7.24. The molecule has 0 bridgehead atoms. The minimum Gasteiger partial charge on any atom is -0.464 e. The molecule has 6 nitrogen and oxygen atoms in total. The third-order valence-electron chi connectivity index (χ3n) is 3.09. The van der Waals surface area contributed by atoms with Crippen molar-refractivity contribution in [3.63, 3.8) is 0 Å². The van der Waals surface area contributed by atoms with Gasteiger partial charge in [0.2, 0.25) is 5.79 Å². The van der Waals surface area contributed by atoms with Crippen LogP contribution in [0.25, 0.3) is 0 Å². The summed E-state index contributed by atoms with van der Waals surface area (Å²) in [7, 11) is 1.28. The number of carbonyl (C=O) groups excluding carboxylic acids is 1. The monoisotopic (exact) mass is 675 g/mol. The lowest BCUT2D eigenvalue weighted by molar-refractivity contribution is -0.180. The Morgan fingerprint density at radius 2 is 2.04 bits per heavy atom. The number of fused-ring (bicyclic) bond motifs is 1. The van der Waals surface area contributed by atoms with Crippen LogP contribution >= 0.6 is 67.8 Å². The SMILES string of the molecule is CCC(I)(I)I.COC(=O)c1ncc(CO)c2c1OC(C)(C)OC2. The first-order chi connectivity index (χ1) is 11.0. The average molecular weight is 675 g/mol. The van der Waals surface area contributed by atoms with E-state index in [0.717, 1.165) is 0 Å². The molecule has 2 rings (SSSR count). The van der Waals surface area contributed by atoms with Gasteiger partial charge in [0, 0.05) is 31.2 Å². The molecular formula is C15H20I3NO5. The van der Waals surface area contributed by atoms with Gasteiger partial charge in [0.25, 0.3) is 0 Å². The molecule has 0 saturated heterocycles. The Balaban J connectivity index is 0.000000413. The summed E-state index contributed by atoms with van der Waals surface area (Å²) in [5, 5.41) is 9.24. The van der Waals surface area contributed by atoms with Crippen molar-refractivity contribution in [2.75, 3.05) is 7.11 Å². The van der Waals surface area contributed by atoms with Gasteiger partial charge in [-0.15, -0.1) is 0 Å². The number of ether oxygens (including phenoxy) is 3. The number of hydrogen-bond acceptors (Lipinski definition) is 6. The van der Waals surface area contributed by atoms with Crippen LogP contribution in [0.15, 0.2) is 6.20 Å². The highest BCUT2D eigenvalue weighted by atomic mass is 127. The highest BCUT2D eigenvalue weighted by molar-refractivity contribution is 14.3. The molecule has 24 heavy (non-hydrogen) atoms. The minimum atomic E-state index is -0.842. The van der Waals surface area contributed by atoms with Crippen LogP contribution < -0.4 is 4.74 Å². The number of esters is 1. The van der Waals surface area contributed by atoms with Gasteiger partial charge in [-0.3, -0.25) is 0 Å². The van der Waals surface area contributed by atoms with E-state index in [0.29, 0.717) is 16.3 Å². The van der Waals surface area contributed by atoms with Crippen molar-refractivity contribution in [3.8, 4) is 5.75 Å². The summed E-state index contributed by atoms with van der Waals surface area (Å²) in [6, 6.07) is 0. The topological polar surface area (TPSA) is 77.9 Å². The van der Waals surface area contributed by atoms with E-state index in [4.69, 9.17) is 9.47 Å². The third kappa shape index (κ3) is 6.68. The standard InChI is InChI=1S/C12H15NO5.C3H5I3/c1-12(2)17-6-8-7(5-14)4-13-9(10(8)18-12)11(15)16-3;1-2-3(4,5)6/h4,14H,5-6H2,1-3H3;2H2,1H3. The fourth-order valence-corrected chi connectivity index (χ4v) is 1.74. The zero-order chi connectivity index (χ0) is 18.5. The number of aliphatic hydroxyl groups excluding tert-OH is 1. The molecule has 1 N–H and O–H groups in total. The molecule has 1 aromatic heterocycles. The van der Waals surface area contributed by atoms with E-state index in [9.17, 15) is 9.90 Å². The molecule has 0 aromatic carbocycles. The van der Waals surface area contributed by atoms with Gasteiger partial charge in [-0.05, 0) is 6.42 Å². The Kier molecular flexibility index (Phi) is 8.90. The molecule has 0 radical (unpaired) electrons. The Morgan fingerprint density at radius 3 is 2.50 bits per heavy atom. The second-order valence-corrected chi connectivity index (χ2v) is 17.1. The molecule has 9 heteroatoms. The smallest absolute Gasteiger partial charge is 0.360 e. The second-order valence-electron chi connectivity index (χ2n) is 5.35. The van der Waals surface area contributed by atoms with Gasteiger partial charge in [0.1, 0.15) is -0.565 Å². The number of pyridine rings is 1. The average Bonchev–Trinajstić information content (AvgIpc) is 2.52. The molecule has 0 unspecified atom stereocenters. The Labute approximate surface area is 182 Å². The van der Waals surface area contributed by atoms with Crippen molar-refractivity contribution in [2.45, 2.75) is 45.6 Å². The van der Waals surface area contributed by atoms with Crippen molar-refractivity contribution >= 4 is 73.7 Å². The fraction of sp³-hybridized carbons (Fsp3) is 0.600. The number of alkyl halides is 3. The fourth-order valence-electron chi connectivity index (χ4n) is 1.74. The quantitative estimate of drug-likeness (QED) is 0.292. The Hall–Kier alpha value is 0.530. The summed E-state index contributed by atoms with van der Waals surface area (Å²) < 4.78 is 16.2. The third-order valence-corrected chi connectivity index (χ3v) is 5.38. The van der Waals surface area contributed by atoms with Crippen LogP contribution in [0.2, 0.25) is 0 Å². The molecule has 0 saturated carbocycles.